The lowest BCUT2D eigenvalue weighted by molar-refractivity contribution is 0.0415. The van der Waals surface area contributed by atoms with Gasteiger partial charge in [-0.25, -0.2) is 0 Å². The molecule has 0 spiro atoms. The van der Waals surface area contributed by atoms with E-state index in [2.05, 4.69) is 0 Å². The van der Waals surface area contributed by atoms with Crippen molar-refractivity contribution in [3.63, 3.8) is 0 Å². The number of hydrogen-bond donors (Lipinski definition) is 4. The third-order valence-corrected chi connectivity index (χ3v) is 7.74. The van der Waals surface area contributed by atoms with E-state index < -0.39 is 25.4 Å². The number of nitrogens with two attached hydrogens (primary N) is 2. The van der Waals surface area contributed by atoms with Gasteiger partial charge in [0.05, 0.1) is 23.5 Å². The van der Waals surface area contributed by atoms with Crippen molar-refractivity contribution in [1.29, 1.82) is 0 Å². The molecule has 6 N–H and O–H groups in total. The van der Waals surface area contributed by atoms with E-state index in [1.807, 2.05) is 0 Å². The molecule has 10 heteroatoms. The largest absolute Gasteiger partial charge is 0.379 e. The first-order valence-electron chi connectivity index (χ1n) is 7.09. The molecule has 0 aromatic carbocycles. The van der Waals surface area contributed by atoms with Gasteiger partial charge in [0.1, 0.15) is 0 Å². The zero-order valence-electron chi connectivity index (χ0n) is 13.8. The summed E-state index contributed by atoms with van der Waals surface area (Å²) in [5, 5.41) is -1.78. The molecule has 0 aliphatic carbocycles. The van der Waals surface area contributed by atoms with Gasteiger partial charge in [0, 0.05) is 13.2 Å². The van der Waals surface area contributed by atoms with Gasteiger partial charge >= 0.3 is 0 Å². The molecular formula is C12H30N2O6P2. The first-order chi connectivity index (χ1) is 9.71. The molecule has 0 saturated carbocycles. The van der Waals surface area contributed by atoms with E-state index in [0.29, 0.717) is 39.3 Å². The Kier molecular flexibility index (Phi) is 8.44. The Morgan fingerprint density at radius 2 is 1.05 bits per heavy atom. The van der Waals surface area contributed by atoms with Gasteiger partial charge < -0.3 is 19.3 Å². The van der Waals surface area contributed by atoms with Crippen molar-refractivity contribution in [3.8, 4) is 0 Å². The van der Waals surface area contributed by atoms with Crippen LogP contribution in [0.4, 0.5) is 0 Å². The standard InChI is InChI=1S/C12H30N2O6P2/c1-11(2,21(13,15)16)5-7-19-9-10-20-8-6-12(3,4)22(14,17)18/h5-10H2,1-4H3,(H3,13,15,16)(H3,14,17,18). The second kappa shape index (κ2) is 8.36. The molecule has 22 heavy (non-hydrogen) atoms. The Morgan fingerprint density at radius 3 is 1.27 bits per heavy atom. The zero-order chi connectivity index (χ0) is 17.7. The number of ether oxygens (including phenoxy) is 2. The molecule has 0 amide bonds. The summed E-state index contributed by atoms with van der Waals surface area (Å²) in [5.41, 5.74) is 10.5. The molecule has 8 nitrogen and oxygen atoms in total. The molecule has 0 bridgehead atoms. The fraction of sp³-hybridized carbons (Fsp3) is 1.00. The van der Waals surface area contributed by atoms with Gasteiger partial charge in [-0.1, -0.05) is 0 Å². The average molecular weight is 360 g/mol. The van der Waals surface area contributed by atoms with Crippen LogP contribution in [0.25, 0.3) is 0 Å². The Bertz CT molecular complexity index is 389. The molecular weight excluding hydrogens is 330 g/mol. The summed E-state index contributed by atoms with van der Waals surface area (Å²) in [4.78, 5) is 18.7. The first kappa shape index (κ1) is 22.2. The Hall–Kier alpha value is 0.220. The molecule has 0 rings (SSSR count). The summed E-state index contributed by atoms with van der Waals surface area (Å²) in [6.07, 6.45) is 0.732. The fourth-order valence-electron chi connectivity index (χ4n) is 1.29. The van der Waals surface area contributed by atoms with E-state index in [9.17, 15) is 18.9 Å². The van der Waals surface area contributed by atoms with Crippen molar-refractivity contribution in [2.75, 3.05) is 26.4 Å². The van der Waals surface area contributed by atoms with Gasteiger partial charge in [-0.3, -0.25) is 20.1 Å². The lowest BCUT2D eigenvalue weighted by Crippen LogP contribution is -2.27. The molecule has 2 unspecified atom stereocenters. The van der Waals surface area contributed by atoms with Crippen molar-refractivity contribution < 1.29 is 28.4 Å². The SMILES string of the molecule is CC(C)(CCOCCOCCC(C)(C)P(N)(=O)O)P(N)(=O)O. The normalized spacial score (nSPS) is 18.7. The number of rotatable bonds is 11. The molecule has 0 heterocycles. The maximum atomic E-state index is 11.4. The maximum absolute atomic E-state index is 11.4. The Morgan fingerprint density at radius 1 is 0.773 bits per heavy atom. The van der Waals surface area contributed by atoms with E-state index in [1.54, 1.807) is 27.7 Å². The predicted molar refractivity (Wildman–Crippen MR) is 87.1 cm³/mol. The van der Waals surface area contributed by atoms with E-state index in [4.69, 9.17) is 20.5 Å². The molecule has 0 fully saturated rings. The second-order valence-corrected chi connectivity index (χ2v) is 11.5. The van der Waals surface area contributed by atoms with E-state index in [1.165, 1.54) is 0 Å². The lowest BCUT2D eigenvalue weighted by atomic mass is 10.1. The first-order valence-corrected chi connectivity index (χ1v) is 10.5. The number of hydrogen-bond acceptors (Lipinski definition) is 4. The topological polar surface area (TPSA) is 145 Å². The van der Waals surface area contributed by atoms with Crippen LogP contribution in [0.15, 0.2) is 0 Å². The summed E-state index contributed by atoms with van der Waals surface area (Å²) < 4.78 is 33.5. The highest BCUT2D eigenvalue weighted by atomic mass is 31.2. The van der Waals surface area contributed by atoms with Crippen LogP contribution in [-0.2, 0) is 18.6 Å². The highest BCUT2D eigenvalue weighted by molar-refractivity contribution is 7.57. The van der Waals surface area contributed by atoms with Gasteiger partial charge in [-0.15, -0.1) is 0 Å². The summed E-state index contributed by atoms with van der Waals surface area (Å²) in [5.74, 6) is 0. The van der Waals surface area contributed by atoms with Crippen LogP contribution in [0.3, 0.4) is 0 Å². The lowest BCUT2D eigenvalue weighted by Gasteiger charge is -2.27. The minimum Gasteiger partial charge on any atom is -0.379 e. The van der Waals surface area contributed by atoms with Crippen LogP contribution in [0.2, 0.25) is 0 Å². The molecule has 0 aromatic heterocycles. The van der Waals surface area contributed by atoms with Crippen molar-refractivity contribution in [3.05, 3.63) is 0 Å². The third-order valence-electron chi connectivity index (χ3n) is 3.82. The van der Waals surface area contributed by atoms with Crippen molar-refractivity contribution in [2.45, 2.75) is 50.8 Å². The van der Waals surface area contributed by atoms with Gasteiger partial charge in [-0.05, 0) is 40.5 Å². The highest BCUT2D eigenvalue weighted by Gasteiger charge is 2.35. The van der Waals surface area contributed by atoms with Gasteiger partial charge in [0.25, 0.3) is 15.0 Å². The zero-order valence-corrected chi connectivity index (χ0v) is 15.6. The van der Waals surface area contributed by atoms with E-state index in [0.717, 1.165) is 0 Å². The van der Waals surface area contributed by atoms with Crippen molar-refractivity contribution in [2.24, 2.45) is 11.0 Å². The van der Waals surface area contributed by atoms with Gasteiger partial charge in [0.2, 0.25) is 0 Å². The smallest absolute Gasteiger partial charge is 0.270 e. The predicted octanol–water partition coefficient (Wildman–Crippen LogP) is 1.65. The van der Waals surface area contributed by atoms with Crippen LogP contribution >= 0.6 is 15.0 Å². The molecule has 134 valence electrons. The molecule has 0 aliphatic heterocycles. The van der Waals surface area contributed by atoms with Gasteiger partial charge in [0.15, 0.2) is 0 Å². The summed E-state index contributed by atoms with van der Waals surface area (Å²) in [6.45, 7) is 7.75. The quantitative estimate of drug-likeness (QED) is 0.321. The van der Waals surface area contributed by atoms with Crippen molar-refractivity contribution >= 4 is 15.0 Å². The fourth-order valence-corrected chi connectivity index (χ4v) is 2.11. The van der Waals surface area contributed by atoms with E-state index >= 15 is 0 Å². The van der Waals surface area contributed by atoms with Crippen molar-refractivity contribution in [1.82, 2.24) is 0 Å². The molecule has 0 aliphatic rings. The minimum atomic E-state index is -3.64. The van der Waals surface area contributed by atoms with E-state index in [-0.39, 0.29) is 0 Å². The van der Waals surface area contributed by atoms with Crippen LogP contribution < -0.4 is 11.0 Å². The van der Waals surface area contributed by atoms with Gasteiger partial charge in [-0.2, -0.15) is 0 Å². The summed E-state index contributed by atoms with van der Waals surface area (Å²) in [6, 6.07) is 0. The van der Waals surface area contributed by atoms with Crippen LogP contribution in [0.5, 0.6) is 0 Å². The summed E-state index contributed by atoms with van der Waals surface area (Å²) in [7, 11) is -7.29. The van der Waals surface area contributed by atoms with Crippen LogP contribution in [-0.4, -0.2) is 46.5 Å². The second-order valence-electron chi connectivity index (χ2n) is 6.60. The molecule has 0 aromatic rings. The van der Waals surface area contributed by atoms with Crippen LogP contribution in [0, 0.1) is 0 Å². The molecule has 0 saturated heterocycles. The Balaban J connectivity index is 3.77. The average Bonchev–Trinajstić information content (AvgIpc) is 2.29. The monoisotopic (exact) mass is 360 g/mol. The summed E-state index contributed by atoms with van der Waals surface area (Å²) >= 11 is 0. The third kappa shape index (κ3) is 7.66. The molecule has 2 atom stereocenters. The maximum Gasteiger partial charge on any atom is 0.270 e. The molecule has 0 radical (unpaired) electrons. The highest BCUT2D eigenvalue weighted by Crippen LogP contribution is 2.49. The minimum absolute atomic E-state index is 0.304. The Labute approximate surface area is 132 Å². The van der Waals surface area contributed by atoms with Crippen LogP contribution in [0.1, 0.15) is 40.5 Å².